The molecule has 3 aromatic rings. The molecule has 3 aromatic carbocycles. The van der Waals surface area contributed by atoms with Crippen molar-refractivity contribution in [2.24, 2.45) is 5.73 Å². The van der Waals surface area contributed by atoms with Crippen LogP contribution in [0.3, 0.4) is 0 Å². The number of halogens is 2. The second-order valence-electron chi connectivity index (χ2n) is 6.57. The van der Waals surface area contributed by atoms with Crippen molar-refractivity contribution in [3.63, 3.8) is 0 Å². The van der Waals surface area contributed by atoms with Crippen LogP contribution < -0.4 is 15.2 Å². The molecule has 0 saturated carbocycles. The fourth-order valence-corrected chi connectivity index (χ4v) is 4.88. The average molecular weight is 631 g/mol. The summed E-state index contributed by atoms with van der Waals surface area (Å²) < 4.78 is 13.6. The number of benzene rings is 3. The molecule has 3 rings (SSSR count). The largest absolute Gasteiger partial charge is 0.508 e. The third-order valence-corrected chi connectivity index (χ3v) is 5.81. The topological polar surface area (TPSA) is 102 Å². The van der Waals surface area contributed by atoms with Crippen LogP contribution in [0.1, 0.15) is 11.1 Å². The van der Waals surface area contributed by atoms with Gasteiger partial charge in [-0.25, -0.2) is 0 Å². The maximum Gasteiger partial charge on any atom is 0.320 e. The van der Waals surface area contributed by atoms with Crippen molar-refractivity contribution in [1.29, 1.82) is 0 Å². The first-order valence-corrected chi connectivity index (χ1v) is 11.1. The van der Waals surface area contributed by atoms with Crippen molar-refractivity contribution in [2.75, 3.05) is 0 Å². The number of ether oxygens (including phenoxy) is 2. The summed E-state index contributed by atoms with van der Waals surface area (Å²) in [5.41, 5.74) is 7.48. The van der Waals surface area contributed by atoms with Gasteiger partial charge in [0.05, 0.1) is 7.14 Å². The molecule has 0 aliphatic heterocycles. The zero-order chi connectivity index (χ0) is 21.7. The van der Waals surface area contributed by atoms with Crippen LogP contribution >= 0.6 is 45.2 Å². The van der Waals surface area contributed by atoms with Crippen molar-refractivity contribution >= 4 is 51.2 Å². The summed E-state index contributed by atoms with van der Waals surface area (Å²) in [5, 5.41) is 18.3. The molecule has 0 aliphatic carbocycles. The zero-order valence-corrected chi connectivity index (χ0v) is 20.0. The molecule has 1 atom stereocenters. The highest BCUT2D eigenvalue weighted by Crippen LogP contribution is 2.30. The Balaban J connectivity index is 1.62. The van der Waals surface area contributed by atoms with Gasteiger partial charge in [-0.05, 0) is 111 Å². The fraction of sp³-hybridized carbons (Fsp3) is 0.136. The van der Waals surface area contributed by atoms with Crippen molar-refractivity contribution in [2.45, 2.75) is 19.1 Å². The minimum Gasteiger partial charge on any atom is -0.508 e. The molecule has 0 fully saturated rings. The van der Waals surface area contributed by atoms with Gasteiger partial charge in [0, 0.05) is 0 Å². The SMILES string of the molecule is NC(Cc1cc(I)c(OCc2ccc(Oc3ccc(O)cc3)cc2)c(I)c1)C(=O)O. The summed E-state index contributed by atoms with van der Waals surface area (Å²) in [6.07, 6.45) is 0.268. The van der Waals surface area contributed by atoms with Gasteiger partial charge in [-0.3, -0.25) is 4.79 Å². The molecule has 4 N–H and O–H groups in total. The van der Waals surface area contributed by atoms with Crippen molar-refractivity contribution < 1.29 is 24.5 Å². The van der Waals surface area contributed by atoms with Gasteiger partial charge in [-0.1, -0.05) is 12.1 Å². The number of aromatic hydroxyl groups is 1. The van der Waals surface area contributed by atoms with Crippen LogP contribution in [-0.2, 0) is 17.8 Å². The van der Waals surface area contributed by atoms with Gasteiger partial charge in [-0.2, -0.15) is 0 Å². The summed E-state index contributed by atoms with van der Waals surface area (Å²) in [4.78, 5) is 11.0. The predicted molar refractivity (Wildman–Crippen MR) is 130 cm³/mol. The van der Waals surface area contributed by atoms with Gasteiger partial charge in [0.25, 0.3) is 0 Å². The van der Waals surface area contributed by atoms with Crippen LogP contribution in [0.15, 0.2) is 60.7 Å². The standard InChI is InChI=1S/C22H19I2NO5/c23-18-9-14(11-20(25)22(27)28)10-19(24)21(18)29-12-13-1-5-16(6-2-13)30-17-7-3-15(26)4-8-17/h1-10,20,26H,11-12,25H2,(H,27,28). The molecule has 0 spiro atoms. The molecule has 6 nitrogen and oxygen atoms in total. The highest BCUT2D eigenvalue weighted by Gasteiger charge is 2.15. The normalized spacial score (nSPS) is 11.7. The van der Waals surface area contributed by atoms with Gasteiger partial charge in [-0.15, -0.1) is 0 Å². The van der Waals surface area contributed by atoms with E-state index in [2.05, 4.69) is 45.2 Å². The minimum atomic E-state index is -1.02. The zero-order valence-electron chi connectivity index (χ0n) is 15.7. The summed E-state index contributed by atoms with van der Waals surface area (Å²) in [6.45, 7) is 0.388. The molecule has 8 heteroatoms. The number of phenols is 1. The number of carboxylic acids is 1. The monoisotopic (exact) mass is 631 g/mol. The number of carboxylic acid groups (broad SMARTS) is 1. The summed E-state index contributed by atoms with van der Waals surface area (Å²) >= 11 is 4.37. The number of phenolic OH excluding ortho intramolecular Hbond substituents is 1. The molecule has 0 bridgehead atoms. The summed E-state index contributed by atoms with van der Waals surface area (Å²) in [7, 11) is 0. The first-order valence-electron chi connectivity index (χ1n) is 8.97. The van der Waals surface area contributed by atoms with E-state index in [1.807, 2.05) is 36.4 Å². The van der Waals surface area contributed by atoms with Crippen LogP contribution in [0.4, 0.5) is 0 Å². The molecule has 0 heterocycles. The van der Waals surface area contributed by atoms with Crippen LogP contribution in [0.25, 0.3) is 0 Å². The van der Waals surface area contributed by atoms with Crippen LogP contribution in [-0.4, -0.2) is 22.2 Å². The summed E-state index contributed by atoms with van der Waals surface area (Å²) in [6, 6.07) is 17.0. The third-order valence-electron chi connectivity index (χ3n) is 4.21. The van der Waals surface area contributed by atoms with E-state index in [9.17, 15) is 9.90 Å². The Bertz CT molecular complexity index is 1000. The number of hydrogen-bond acceptors (Lipinski definition) is 5. The van der Waals surface area contributed by atoms with Crippen molar-refractivity contribution in [1.82, 2.24) is 0 Å². The Labute approximate surface area is 201 Å². The van der Waals surface area contributed by atoms with Gasteiger partial charge < -0.3 is 25.4 Å². The Hall–Kier alpha value is -2.05. The summed E-state index contributed by atoms with van der Waals surface area (Å²) in [5.74, 6) is 1.26. The van der Waals surface area contributed by atoms with Crippen molar-refractivity contribution in [3.8, 4) is 23.0 Å². The molecular formula is C22H19I2NO5. The molecule has 156 valence electrons. The lowest BCUT2D eigenvalue weighted by molar-refractivity contribution is -0.138. The van der Waals surface area contributed by atoms with Crippen LogP contribution in [0.5, 0.6) is 23.0 Å². The Morgan fingerprint density at radius 2 is 1.47 bits per heavy atom. The molecule has 0 saturated heterocycles. The second kappa shape index (κ2) is 10.3. The minimum absolute atomic E-state index is 0.192. The maximum absolute atomic E-state index is 11.0. The number of rotatable bonds is 8. The maximum atomic E-state index is 11.0. The van der Waals surface area contributed by atoms with Crippen LogP contribution in [0, 0.1) is 7.14 Å². The highest BCUT2D eigenvalue weighted by atomic mass is 127. The average Bonchev–Trinajstić information content (AvgIpc) is 2.70. The Morgan fingerprint density at radius 3 is 2.00 bits per heavy atom. The number of hydrogen-bond donors (Lipinski definition) is 3. The van der Waals surface area contributed by atoms with E-state index < -0.39 is 12.0 Å². The molecule has 0 aliphatic rings. The van der Waals surface area contributed by atoms with E-state index in [1.165, 1.54) is 0 Å². The van der Waals surface area contributed by atoms with Crippen molar-refractivity contribution in [3.05, 3.63) is 78.9 Å². The number of aliphatic carboxylic acids is 1. The lowest BCUT2D eigenvalue weighted by atomic mass is 10.1. The first-order chi connectivity index (χ1) is 14.3. The first kappa shape index (κ1) is 22.6. The van der Waals surface area contributed by atoms with E-state index >= 15 is 0 Å². The van der Waals surface area contributed by atoms with E-state index in [0.717, 1.165) is 24.0 Å². The van der Waals surface area contributed by atoms with Gasteiger partial charge in [0.1, 0.15) is 35.6 Å². The molecule has 1 unspecified atom stereocenters. The van der Waals surface area contributed by atoms with Crippen LogP contribution in [0.2, 0.25) is 0 Å². The molecular weight excluding hydrogens is 612 g/mol. The van der Waals surface area contributed by atoms with Gasteiger partial charge in [0.2, 0.25) is 0 Å². The Morgan fingerprint density at radius 1 is 0.933 bits per heavy atom. The van der Waals surface area contributed by atoms with E-state index in [4.69, 9.17) is 20.3 Å². The molecule has 0 aromatic heterocycles. The highest BCUT2D eigenvalue weighted by molar-refractivity contribution is 14.1. The number of nitrogens with two attached hydrogens (primary N) is 1. The number of carbonyl (C=O) groups is 1. The van der Waals surface area contributed by atoms with E-state index in [0.29, 0.717) is 18.1 Å². The van der Waals surface area contributed by atoms with E-state index in [-0.39, 0.29) is 12.2 Å². The van der Waals surface area contributed by atoms with E-state index in [1.54, 1.807) is 24.3 Å². The Kier molecular flexibility index (Phi) is 7.78. The second-order valence-corrected chi connectivity index (χ2v) is 8.89. The molecule has 0 amide bonds. The van der Waals surface area contributed by atoms with Gasteiger partial charge in [0.15, 0.2) is 0 Å². The molecule has 30 heavy (non-hydrogen) atoms. The quantitative estimate of drug-likeness (QED) is 0.305. The molecule has 0 radical (unpaired) electrons. The fourth-order valence-electron chi connectivity index (χ4n) is 2.67. The predicted octanol–water partition coefficient (Wildman–Crippen LogP) is 4.93. The lowest BCUT2D eigenvalue weighted by Crippen LogP contribution is -2.32. The van der Waals surface area contributed by atoms with Gasteiger partial charge >= 0.3 is 5.97 Å². The smallest absolute Gasteiger partial charge is 0.320 e. The lowest BCUT2D eigenvalue weighted by Gasteiger charge is -2.14. The third kappa shape index (κ3) is 6.22.